The Morgan fingerprint density at radius 1 is 1.37 bits per heavy atom. The number of aromatic nitrogens is 3. The van der Waals surface area contributed by atoms with Crippen LogP contribution in [0.25, 0.3) is 11.4 Å². The number of hydrogen-bond donors (Lipinski definition) is 1. The van der Waals surface area contributed by atoms with Gasteiger partial charge in [0.1, 0.15) is 17.8 Å². The highest BCUT2D eigenvalue weighted by Crippen LogP contribution is 2.30. The summed E-state index contributed by atoms with van der Waals surface area (Å²) in [7, 11) is 0. The number of carbonyl (C=O) groups is 1. The zero-order valence-electron chi connectivity index (χ0n) is 10.4. The lowest BCUT2D eigenvalue weighted by Crippen LogP contribution is -1.98. The summed E-state index contributed by atoms with van der Waals surface area (Å²) in [5, 5.41) is 9.94. The van der Waals surface area contributed by atoms with Crippen molar-refractivity contribution in [3.63, 3.8) is 0 Å². The predicted molar refractivity (Wildman–Crippen MR) is 68.1 cm³/mol. The van der Waals surface area contributed by atoms with Crippen molar-refractivity contribution in [2.75, 3.05) is 6.61 Å². The summed E-state index contributed by atoms with van der Waals surface area (Å²) >= 11 is 0. The average Bonchev–Trinajstić information content (AvgIpc) is 2.45. The molecule has 0 unspecified atom stereocenters. The van der Waals surface area contributed by atoms with Crippen LogP contribution in [-0.2, 0) is 0 Å². The van der Waals surface area contributed by atoms with E-state index in [0.717, 1.165) is 6.42 Å². The molecule has 6 nitrogen and oxygen atoms in total. The summed E-state index contributed by atoms with van der Waals surface area (Å²) in [6.07, 6.45) is 2.65. The van der Waals surface area contributed by atoms with Gasteiger partial charge in [-0.1, -0.05) is 6.92 Å². The minimum absolute atomic E-state index is 0.00310. The number of phenols is 1. The molecular weight excluding hydrogens is 246 g/mol. The van der Waals surface area contributed by atoms with E-state index in [2.05, 4.69) is 15.0 Å². The molecule has 2 rings (SSSR count). The second kappa shape index (κ2) is 5.90. The lowest BCUT2D eigenvalue weighted by atomic mass is 10.2. The molecule has 1 aromatic heterocycles. The van der Waals surface area contributed by atoms with E-state index in [1.54, 1.807) is 12.1 Å². The molecule has 0 aliphatic heterocycles. The fourth-order valence-corrected chi connectivity index (χ4v) is 1.51. The van der Waals surface area contributed by atoms with E-state index < -0.39 is 0 Å². The zero-order valence-corrected chi connectivity index (χ0v) is 10.4. The molecule has 98 valence electrons. The third-order valence-corrected chi connectivity index (χ3v) is 2.38. The van der Waals surface area contributed by atoms with Crippen LogP contribution in [0.5, 0.6) is 11.5 Å². The van der Waals surface area contributed by atoms with Gasteiger partial charge in [-0.05, 0) is 18.6 Å². The zero-order chi connectivity index (χ0) is 13.7. The lowest BCUT2D eigenvalue weighted by molar-refractivity contribution is 0.111. The highest BCUT2D eigenvalue weighted by Gasteiger charge is 2.09. The predicted octanol–water partition coefficient (Wildman–Crippen LogP) is 1.85. The highest BCUT2D eigenvalue weighted by molar-refractivity contribution is 5.71. The number of rotatable bonds is 5. The Hall–Kier alpha value is -2.50. The molecule has 1 heterocycles. The van der Waals surface area contributed by atoms with Gasteiger partial charge in [0.05, 0.1) is 12.2 Å². The van der Waals surface area contributed by atoms with Gasteiger partial charge in [-0.3, -0.25) is 4.79 Å². The molecule has 0 amide bonds. The van der Waals surface area contributed by atoms with E-state index in [-0.39, 0.29) is 17.4 Å². The highest BCUT2D eigenvalue weighted by atomic mass is 16.5. The maximum atomic E-state index is 10.6. The van der Waals surface area contributed by atoms with Crippen LogP contribution in [0.15, 0.2) is 24.5 Å². The van der Waals surface area contributed by atoms with E-state index in [9.17, 15) is 9.90 Å². The first-order chi connectivity index (χ1) is 9.24. The Bertz CT molecular complexity index is 587. The van der Waals surface area contributed by atoms with Crippen molar-refractivity contribution in [3.05, 3.63) is 30.4 Å². The molecule has 0 atom stereocenters. The number of hydrogen-bond acceptors (Lipinski definition) is 6. The van der Waals surface area contributed by atoms with Crippen LogP contribution in [0.2, 0.25) is 0 Å². The number of nitrogens with zero attached hydrogens (tertiary/aromatic N) is 3. The maximum absolute atomic E-state index is 10.6. The first-order valence-corrected chi connectivity index (χ1v) is 5.85. The van der Waals surface area contributed by atoms with E-state index >= 15 is 0 Å². The van der Waals surface area contributed by atoms with Gasteiger partial charge in [0, 0.05) is 6.07 Å². The molecule has 0 spiro atoms. The number of carbonyl (C=O) groups excluding carboxylic acids is 1. The van der Waals surface area contributed by atoms with E-state index in [1.165, 1.54) is 12.4 Å². The van der Waals surface area contributed by atoms with Gasteiger partial charge in [-0.25, -0.2) is 15.0 Å². The normalized spacial score (nSPS) is 10.2. The second-order valence-corrected chi connectivity index (χ2v) is 3.81. The summed E-state index contributed by atoms with van der Waals surface area (Å²) in [5.41, 5.74) is 0.425. The average molecular weight is 259 g/mol. The van der Waals surface area contributed by atoms with E-state index in [1.807, 2.05) is 6.92 Å². The van der Waals surface area contributed by atoms with Crippen LogP contribution >= 0.6 is 0 Å². The van der Waals surface area contributed by atoms with Gasteiger partial charge >= 0.3 is 0 Å². The van der Waals surface area contributed by atoms with Gasteiger partial charge in [-0.15, -0.1) is 0 Å². The Kier molecular flexibility index (Phi) is 4.02. The second-order valence-electron chi connectivity index (χ2n) is 3.81. The first-order valence-electron chi connectivity index (χ1n) is 5.85. The SMILES string of the molecule is CCCOc1ccc(-c2ncnc(C=O)n2)c(O)c1. The molecule has 0 aliphatic carbocycles. The molecule has 0 bridgehead atoms. The molecule has 2 aromatic rings. The minimum atomic E-state index is -0.00310. The Labute approximate surface area is 110 Å². The van der Waals surface area contributed by atoms with Crippen LogP contribution in [0.4, 0.5) is 0 Å². The van der Waals surface area contributed by atoms with Crippen LogP contribution < -0.4 is 4.74 Å². The third-order valence-electron chi connectivity index (χ3n) is 2.38. The molecule has 1 N–H and O–H groups in total. The molecule has 19 heavy (non-hydrogen) atoms. The third kappa shape index (κ3) is 3.04. The van der Waals surface area contributed by atoms with Crippen molar-refractivity contribution < 1.29 is 14.6 Å². The van der Waals surface area contributed by atoms with Gasteiger partial charge < -0.3 is 9.84 Å². The number of benzene rings is 1. The quantitative estimate of drug-likeness (QED) is 0.825. The van der Waals surface area contributed by atoms with Crippen molar-refractivity contribution in [1.82, 2.24) is 15.0 Å². The maximum Gasteiger partial charge on any atom is 0.196 e. The number of ether oxygens (including phenoxy) is 1. The minimum Gasteiger partial charge on any atom is -0.507 e. The van der Waals surface area contributed by atoms with Crippen molar-refractivity contribution in [1.29, 1.82) is 0 Å². The van der Waals surface area contributed by atoms with Crippen LogP contribution in [0, 0.1) is 0 Å². The summed E-state index contributed by atoms with van der Waals surface area (Å²) < 4.78 is 5.40. The van der Waals surface area contributed by atoms with Crippen molar-refractivity contribution in [2.24, 2.45) is 0 Å². The molecule has 0 saturated carbocycles. The fourth-order valence-electron chi connectivity index (χ4n) is 1.51. The largest absolute Gasteiger partial charge is 0.507 e. The Morgan fingerprint density at radius 3 is 2.89 bits per heavy atom. The first kappa shape index (κ1) is 12.9. The van der Waals surface area contributed by atoms with E-state index in [4.69, 9.17) is 4.74 Å². The van der Waals surface area contributed by atoms with Crippen molar-refractivity contribution in [3.8, 4) is 22.9 Å². The number of aldehydes is 1. The molecular formula is C13H13N3O3. The van der Waals surface area contributed by atoms with Crippen LogP contribution in [0.3, 0.4) is 0 Å². The Balaban J connectivity index is 2.31. The topological polar surface area (TPSA) is 85.2 Å². The summed E-state index contributed by atoms with van der Waals surface area (Å²) in [4.78, 5) is 22.1. The molecule has 0 radical (unpaired) electrons. The molecule has 1 aromatic carbocycles. The van der Waals surface area contributed by atoms with E-state index in [0.29, 0.717) is 24.2 Å². The van der Waals surface area contributed by atoms with Crippen LogP contribution in [0.1, 0.15) is 24.0 Å². The monoisotopic (exact) mass is 259 g/mol. The van der Waals surface area contributed by atoms with Gasteiger partial charge in [0.15, 0.2) is 17.9 Å². The molecule has 0 aliphatic rings. The van der Waals surface area contributed by atoms with Gasteiger partial charge in [0.2, 0.25) is 0 Å². The van der Waals surface area contributed by atoms with Crippen LogP contribution in [-0.4, -0.2) is 33.0 Å². The lowest BCUT2D eigenvalue weighted by Gasteiger charge is -2.07. The fraction of sp³-hybridized carbons (Fsp3) is 0.231. The smallest absolute Gasteiger partial charge is 0.196 e. The standard InChI is InChI=1S/C13H13N3O3/c1-2-5-19-9-3-4-10(11(18)6-9)13-15-8-14-12(7-17)16-13/h3-4,6-8,18H,2,5H2,1H3. The summed E-state index contributed by atoms with van der Waals surface area (Å²) in [6, 6.07) is 4.86. The molecule has 6 heteroatoms. The van der Waals surface area contributed by atoms with Gasteiger partial charge in [-0.2, -0.15) is 0 Å². The summed E-state index contributed by atoms with van der Waals surface area (Å²) in [6.45, 7) is 2.58. The summed E-state index contributed by atoms with van der Waals surface area (Å²) in [5.74, 6) is 0.844. The van der Waals surface area contributed by atoms with Crippen molar-refractivity contribution in [2.45, 2.75) is 13.3 Å². The molecule has 0 saturated heterocycles. The number of phenolic OH excluding ortho intramolecular Hbond substituents is 1. The number of aromatic hydroxyl groups is 1. The van der Waals surface area contributed by atoms with Crippen molar-refractivity contribution >= 4 is 6.29 Å². The van der Waals surface area contributed by atoms with Gasteiger partial charge in [0.25, 0.3) is 0 Å². The Morgan fingerprint density at radius 2 is 2.21 bits per heavy atom. The molecule has 0 fully saturated rings.